The second-order valence-electron chi connectivity index (χ2n) is 6.02. The fraction of sp³-hybridized carbons (Fsp3) is 0.421. The Bertz CT molecular complexity index is 764. The van der Waals surface area contributed by atoms with Gasteiger partial charge in [-0.25, -0.2) is 9.79 Å². The topological polar surface area (TPSA) is 89.0 Å². The van der Waals surface area contributed by atoms with Crippen molar-refractivity contribution in [3.8, 4) is 0 Å². The van der Waals surface area contributed by atoms with E-state index in [-0.39, 0.29) is 23.9 Å². The Morgan fingerprint density at radius 3 is 2.85 bits per heavy atom. The predicted octanol–water partition coefficient (Wildman–Crippen LogP) is 2.66. The molecule has 7 nitrogen and oxygen atoms in total. The molecular formula is C19H23N3O4. The van der Waals surface area contributed by atoms with Crippen molar-refractivity contribution < 1.29 is 19.1 Å². The van der Waals surface area contributed by atoms with Gasteiger partial charge in [0.25, 0.3) is 5.91 Å². The molecule has 1 aromatic rings. The van der Waals surface area contributed by atoms with Crippen LogP contribution >= 0.6 is 0 Å². The zero-order valence-electron chi connectivity index (χ0n) is 15.0. The number of allylic oxidation sites excluding steroid dienone is 1. The Morgan fingerprint density at radius 2 is 2.15 bits per heavy atom. The third-order valence-corrected chi connectivity index (χ3v) is 4.26. The minimum Gasteiger partial charge on any atom is -0.462 e. The van der Waals surface area contributed by atoms with Gasteiger partial charge < -0.3 is 20.1 Å². The Hall–Kier alpha value is -2.67. The third kappa shape index (κ3) is 3.77. The Labute approximate surface area is 152 Å². The number of amidine groups is 1. The van der Waals surface area contributed by atoms with Gasteiger partial charge in [0.2, 0.25) is 0 Å². The average molecular weight is 357 g/mol. The first-order valence-electron chi connectivity index (χ1n) is 8.91. The van der Waals surface area contributed by atoms with Crippen LogP contribution in [0.1, 0.15) is 33.1 Å². The summed E-state index contributed by atoms with van der Waals surface area (Å²) in [5, 5.41) is 6.04. The highest BCUT2D eigenvalue weighted by Crippen LogP contribution is 2.31. The van der Waals surface area contributed by atoms with Crippen molar-refractivity contribution in [3.63, 3.8) is 0 Å². The van der Waals surface area contributed by atoms with Gasteiger partial charge in [-0.15, -0.1) is 0 Å². The maximum Gasteiger partial charge on any atom is 0.343 e. The van der Waals surface area contributed by atoms with E-state index in [9.17, 15) is 9.59 Å². The summed E-state index contributed by atoms with van der Waals surface area (Å²) in [6.07, 6.45) is 1.54. The van der Waals surface area contributed by atoms with E-state index in [0.29, 0.717) is 30.8 Å². The molecule has 1 atom stereocenters. The van der Waals surface area contributed by atoms with Gasteiger partial charge in [-0.2, -0.15) is 0 Å². The van der Waals surface area contributed by atoms with Crippen LogP contribution in [0.3, 0.4) is 0 Å². The Morgan fingerprint density at radius 1 is 1.35 bits per heavy atom. The molecular weight excluding hydrogens is 334 g/mol. The standard InChI is InChI=1S/C19H23N3O4/c1-3-12-16(19(24)25-4-2)17(22-18(23)15-10-7-11-26-15)21-14-9-6-5-8-13(14)20-12/h5-6,8-9,15,20H,3-4,7,10-11H2,1-2H3,(H,21,22,23)/t15-/m1/s1. The molecule has 0 bridgehead atoms. The molecule has 0 aliphatic carbocycles. The smallest absolute Gasteiger partial charge is 0.343 e. The molecule has 1 fully saturated rings. The highest BCUT2D eigenvalue weighted by Gasteiger charge is 2.30. The van der Waals surface area contributed by atoms with Gasteiger partial charge in [-0.05, 0) is 38.3 Å². The zero-order chi connectivity index (χ0) is 18.5. The lowest BCUT2D eigenvalue weighted by Crippen LogP contribution is -2.41. The number of carbonyl (C=O) groups is 2. The Balaban J connectivity index is 2.02. The summed E-state index contributed by atoms with van der Waals surface area (Å²) in [5.41, 5.74) is 2.31. The number of nitrogens with one attached hydrogen (secondary N) is 2. The maximum absolute atomic E-state index is 12.6. The van der Waals surface area contributed by atoms with Gasteiger partial charge in [0.05, 0.1) is 18.0 Å². The minimum atomic E-state index is -0.518. The lowest BCUT2D eigenvalue weighted by atomic mass is 10.1. The number of para-hydroxylation sites is 2. The van der Waals surface area contributed by atoms with E-state index in [0.717, 1.165) is 12.1 Å². The molecule has 0 aromatic heterocycles. The highest BCUT2D eigenvalue weighted by atomic mass is 16.5. The number of carbonyl (C=O) groups excluding carboxylic acids is 2. The summed E-state index contributed by atoms with van der Waals surface area (Å²) in [5.74, 6) is -0.618. The number of nitrogens with zero attached hydrogens (tertiary/aromatic N) is 1. The van der Waals surface area contributed by atoms with Crippen molar-refractivity contribution in [1.82, 2.24) is 5.32 Å². The van der Waals surface area contributed by atoms with Crippen molar-refractivity contribution in [2.24, 2.45) is 4.99 Å². The number of fused-ring (bicyclic) bond motifs is 1. The van der Waals surface area contributed by atoms with Crippen LogP contribution in [-0.2, 0) is 19.1 Å². The number of anilines is 1. The molecule has 2 N–H and O–H groups in total. The molecule has 0 spiro atoms. The van der Waals surface area contributed by atoms with Gasteiger partial charge in [0.1, 0.15) is 17.5 Å². The zero-order valence-corrected chi connectivity index (χ0v) is 15.0. The monoisotopic (exact) mass is 357 g/mol. The van der Waals surface area contributed by atoms with E-state index in [4.69, 9.17) is 9.47 Å². The lowest BCUT2D eigenvalue weighted by molar-refractivity contribution is -0.137. The van der Waals surface area contributed by atoms with Crippen molar-refractivity contribution in [2.45, 2.75) is 39.2 Å². The molecule has 26 heavy (non-hydrogen) atoms. The number of amides is 1. The molecule has 0 radical (unpaired) electrons. The molecule has 1 saturated heterocycles. The van der Waals surface area contributed by atoms with Crippen LogP contribution < -0.4 is 10.6 Å². The normalized spacial score (nSPS) is 19.2. The lowest BCUT2D eigenvalue weighted by Gasteiger charge is -2.16. The first kappa shape index (κ1) is 18.1. The fourth-order valence-corrected chi connectivity index (χ4v) is 2.98. The molecule has 1 aromatic carbocycles. The van der Waals surface area contributed by atoms with E-state index < -0.39 is 12.1 Å². The van der Waals surface area contributed by atoms with E-state index in [1.165, 1.54) is 0 Å². The number of rotatable bonds is 4. The number of aliphatic imine (C=N–C) groups is 1. The molecule has 2 aliphatic heterocycles. The summed E-state index contributed by atoms with van der Waals surface area (Å²) in [6.45, 7) is 4.47. The molecule has 3 rings (SSSR count). The van der Waals surface area contributed by atoms with Crippen molar-refractivity contribution in [1.29, 1.82) is 0 Å². The maximum atomic E-state index is 12.6. The van der Waals surface area contributed by atoms with E-state index in [1.54, 1.807) is 6.92 Å². The summed E-state index contributed by atoms with van der Waals surface area (Å²) in [7, 11) is 0. The molecule has 7 heteroatoms. The fourth-order valence-electron chi connectivity index (χ4n) is 2.98. The van der Waals surface area contributed by atoms with Gasteiger partial charge in [0, 0.05) is 12.3 Å². The summed E-state index contributed by atoms with van der Waals surface area (Å²) >= 11 is 0. The minimum absolute atomic E-state index is 0.193. The highest BCUT2D eigenvalue weighted by molar-refractivity contribution is 6.24. The summed E-state index contributed by atoms with van der Waals surface area (Å²) < 4.78 is 10.6. The second-order valence-corrected chi connectivity index (χ2v) is 6.02. The molecule has 0 unspecified atom stereocenters. The van der Waals surface area contributed by atoms with Crippen LogP contribution in [0.15, 0.2) is 40.5 Å². The van der Waals surface area contributed by atoms with Gasteiger partial charge in [-0.3, -0.25) is 4.79 Å². The van der Waals surface area contributed by atoms with E-state index >= 15 is 0 Å². The first-order chi connectivity index (χ1) is 12.6. The molecule has 2 aliphatic rings. The quantitative estimate of drug-likeness (QED) is 0.809. The van der Waals surface area contributed by atoms with E-state index in [1.807, 2.05) is 31.2 Å². The largest absolute Gasteiger partial charge is 0.462 e. The molecule has 1 amide bonds. The van der Waals surface area contributed by atoms with Crippen molar-refractivity contribution in [3.05, 3.63) is 35.5 Å². The number of benzene rings is 1. The first-order valence-corrected chi connectivity index (χ1v) is 8.91. The Kier molecular flexibility index (Phi) is 5.68. The van der Waals surface area contributed by atoms with Crippen LogP contribution in [0.2, 0.25) is 0 Å². The number of esters is 1. The van der Waals surface area contributed by atoms with Crippen LogP contribution in [0.25, 0.3) is 0 Å². The van der Waals surface area contributed by atoms with Crippen LogP contribution in [0, 0.1) is 0 Å². The third-order valence-electron chi connectivity index (χ3n) is 4.26. The van der Waals surface area contributed by atoms with Gasteiger partial charge in [0.15, 0.2) is 0 Å². The second kappa shape index (κ2) is 8.14. The van der Waals surface area contributed by atoms with E-state index in [2.05, 4.69) is 15.6 Å². The predicted molar refractivity (Wildman–Crippen MR) is 98.2 cm³/mol. The molecule has 0 saturated carbocycles. The SMILES string of the molecule is CCOC(=O)C1=C(CC)Nc2ccccc2N=C1NC(=O)[C@H]1CCCO1. The van der Waals surface area contributed by atoms with Gasteiger partial charge >= 0.3 is 5.97 Å². The average Bonchev–Trinajstić information content (AvgIpc) is 3.12. The number of hydrogen-bond donors (Lipinski definition) is 2. The molecule has 138 valence electrons. The van der Waals surface area contributed by atoms with Crippen LogP contribution in [0.4, 0.5) is 11.4 Å². The molecule has 2 heterocycles. The number of ether oxygens (including phenoxy) is 2. The summed E-state index contributed by atoms with van der Waals surface area (Å²) in [6, 6.07) is 7.43. The van der Waals surface area contributed by atoms with Gasteiger partial charge in [-0.1, -0.05) is 19.1 Å². The van der Waals surface area contributed by atoms with Crippen LogP contribution in [0.5, 0.6) is 0 Å². The number of hydrogen-bond acceptors (Lipinski definition) is 6. The summed E-state index contributed by atoms with van der Waals surface area (Å²) in [4.78, 5) is 29.7. The van der Waals surface area contributed by atoms with Crippen molar-refractivity contribution >= 4 is 29.1 Å². The van der Waals surface area contributed by atoms with Crippen LogP contribution in [-0.4, -0.2) is 37.0 Å². The van der Waals surface area contributed by atoms with Crippen molar-refractivity contribution in [2.75, 3.05) is 18.5 Å².